The Morgan fingerprint density at radius 3 is 2.44 bits per heavy atom. The minimum absolute atomic E-state index is 0.419. The van der Waals surface area contributed by atoms with Crippen LogP contribution in [0.25, 0.3) is 0 Å². The predicted molar refractivity (Wildman–Crippen MR) is 70.4 cm³/mol. The summed E-state index contributed by atoms with van der Waals surface area (Å²) in [4.78, 5) is 23.4. The number of benzene rings is 1. The fourth-order valence-electron chi connectivity index (χ4n) is 1.25. The van der Waals surface area contributed by atoms with Crippen LogP contribution in [-0.4, -0.2) is 11.9 Å². The van der Waals surface area contributed by atoms with E-state index < -0.39 is 11.9 Å². The van der Waals surface area contributed by atoms with E-state index in [1.165, 1.54) is 11.3 Å². The van der Waals surface area contributed by atoms with Crippen LogP contribution in [0.15, 0.2) is 47.8 Å². The van der Waals surface area contributed by atoms with Gasteiger partial charge in [-0.1, -0.05) is 24.3 Å². The van der Waals surface area contributed by atoms with Crippen molar-refractivity contribution in [2.75, 3.05) is 5.43 Å². The van der Waals surface area contributed by atoms with Gasteiger partial charge in [0.05, 0.1) is 10.6 Å². The number of amides is 3. The smallest absolute Gasteiger partial charge is 0.297 e. The number of nitrogens with one attached hydrogen (secondary N) is 3. The molecule has 0 aliphatic rings. The van der Waals surface area contributed by atoms with E-state index in [2.05, 4.69) is 16.2 Å². The number of thiophene rings is 1. The molecule has 0 fully saturated rings. The Bertz CT molecular complexity index is 526. The number of rotatable bonds is 3. The molecule has 3 amide bonds. The highest BCUT2D eigenvalue weighted by molar-refractivity contribution is 7.12. The first kappa shape index (κ1) is 12.1. The van der Waals surface area contributed by atoms with Crippen molar-refractivity contribution in [2.24, 2.45) is 0 Å². The quantitative estimate of drug-likeness (QED) is 0.742. The molecule has 3 N–H and O–H groups in total. The molecular formula is C12H11N3O2S. The van der Waals surface area contributed by atoms with Crippen LogP contribution in [0.1, 0.15) is 9.67 Å². The Balaban J connectivity index is 1.81. The summed E-state index contributed by atoms with van der Waals surface area (Å²) in [5, 5.41) is 3.98. The van der Waals surface area contributed by atoms with E-state index in [-0.39, 0.29) is 0 Å². The van der Waals surface area contributed by atoms with Crippen LogP contribution in [0.4, 0.5) is 10.5 Å². The van der Waals surface area contributed by atoms with E-state index in [0.717, 1.165) is 5.69 Å². The third kappa shape index (κ3) is 3.33. The van der Waals surface area contributed by atoms with Crippen molar-refractivity contribution in [3.8, 4) is 0 Å². The summed E-state index contributed by atoms with van der Waals surface area (Å²) in [5.41, 5.74) is 5.79. The van der Waals surface area contributed by atoms with Gasteiger partial charge in [-0.15, -0.1) is 11.3 Å². The number of para-hydroxylation sites is 1. The summed E-state index contributed by atoms with van der Waals surface area (Å²) in [6.07, 6.45) is 0. The molecule has 2 aromatic rings. The van der Waals surface area contributed by atoms with Crippen molar-refractivity contribution in [2.45, 2.75) is 0 Å². The zero-order valence-electron chi connectivity index (χ0n) is 9.34. The van der Waals surface area contributed by atoms with Gasteiger partial charge in [0.2, 0.25) is 0 Å². The summed E-state index contributed by atoms with van der Waals surface area (Å²) in [6.45, 7) is 0. The second-order valence-corrected chi connectivity index (χ2v) is 4.32. The molecule has 18 heavy (non-hydrogen) atoms. The summed E-state index contributed by atoms with van der Waals surface area (Å²) >= 11 is 1.28. The number of carbonyl (C=O) groups excluding carboxylic acids is 2. The first-order valence-electron chi connectivity index (χ1n) is 5.21. The SMILES string of the molecule is O=C(NNc1ccccc1)NC(=O)c1cccs1. The van der Waals surface area contributed by atoms with E-state index in [0.29, 0.717) is 4.88 Å². The molecule has 1 aromatic heterocycles. The van der Waals surface area contributed by atoms with Crippen molar-refractivity contribution in [3.05, 3.63) is 52.7 Å². The third-order valence-electron chi connectivity index (χ3n) is 2.07. The maximum atomic E-state index is 11.5. The monoisotopic (exact) mass is 261 g/mol. The molecule has 0 unspecified atom stereocenters. The fraction of sp³-hybridized carbons (Fsp3) is 0. The second kappa shape index (κ2) is 5.83. The molecule has 0 bridgehead atoms. The van der Waals surface area contributed by atoms with Crippen LogP contribution in [-0.2, 0) is 0 Å². The van der Waals surface area contributed by atoms with Crippen molar-refractivity contribution in [1.29, 1.82) is 0 Å². The molecule has 0 saturated carbocycles. The minimum Gasteiger partial charge on any atom is -0.297 e. The molecule has 0 aliphatic heterocycles. The topological polar surface area (TPSA) is 70.2 Å². The predicted octanol–water partition coefficient (Wildman–Crippen LogP) is 2.21. The zero-order chi connectivity index (χ0) is 12.8. The van der Waals surface area contributed by atoms with Crippen LogP contribution in [0.3, 0.4) is 0 Å². The molecular weight excluding hydrogens is 250 g/mol. The number of hydrazine groups is 1. The van der Waals surface area contributed by atoms with Gasteiger partial charge in [-0.25, -0.2) is 4.79 Å². The minimum atomic E-state index is -0.600. The van der Waals surface area contributed by atoms with E-state index in [4.69, 9.17) is 0 Å². The van der Waals surface area contributed by atoms with Crippen LogP contribution >= 0.6 is 11.3 Å². The Morgan fingerprint density at radius 2 is 1.78 bits per heavy atom. The summed E-state index contributed by atoms with van der Waals surface area (Å²) in [7, 11) is 0. The molecule has 2 rings (SSSR count). The van der Waals surface area contributed by atoms with Gasteiger partial charge in [-0.05, 0) is 23.6 Å². The van der Waals surface area contributed by atoms with Gasteiger partial charge >= 0.3 is 6.03 Å². The molecule has 0 atom stereocenters. The van der Waals surface area contributed by atoms with Crippen molar-refractivity contribution >= 4 is 29.0 Å². The third-order valence-corrected chi connectivity index (χ3v) is 2.93. The van der Waals surface area contributed by atoms with Crippen LogP contribution in [0, 0.1) is 0 Å². The number of imide groups is 1. The lowest BCUT2D eigenvalue weighted by molar-refractivity contribution is 0.0968. The molecule has 1 heterocycles. The lowest BCUT2D eigenvalue weighted by Crippen LogP contribution is -2.41. The average Bonchev–Trinajstić information content (AvgIpc) is 2.91. The summed E-state index contributed by atoms with van der Waals surface area (Å²) in [6, 6.07) is 11.9. The zero-order valence-corrected chi connectivity index (χ0v) is 10.2. The maximum absolute atomic E-state index is 11.5. The highest BCUT2D eigenvalue weighted by Gasteiger charge is 2.10. The van der Waals surface area contributed by atoms with Gasteiger partial charge in [-0.2, -0.15) is 0 Å². The van der Waals surface area contributed by atoms with Crippen LogP contribution in [0.2, 0.25) is 0 Å². The van der Waals surface area contributed by atoms with Crippen molar-refractivity contribution in [1.82, 2.24) is 10.7 Å². The number of hydrogen-bond acceptors (Lipinski definition) is 4. The maximum Gasteiger partial charge on any atom is 0.340 e. The van der Waals surface area contributed by atoms with Gasteiger partial charge in [-0.3, -0.25) is 21.0 Å². The Hall–Kier alpha value is -2.34. The second-order valence-electron chi connectivity index (χ2n) is 3.38. The van der Waals surface area contributed by atoms with E-state index in [9.17, 15) is 9.59 Å². The molecule has 6 heteroatoms. The Kier molecular flexibility index (Phi) is 3.93. The van der Waals surface area contributed by atoms with Gasteiger partial charge in [0.25, 0.3) is 5.91 Å². The number of carbonyl (C=O) groups is 2. The fourth-order valence-corrected chi connectivity index (χ4v) is 1.87. The van der Waals surface area contributed by atoms with Crippen LogP contribution < -0.4 is 16.2 Å². The standard InChI is InChI=1S/C12H11N3O2S/c16-11(10-7-4-8-18-10)13-12(17)15-14-9-5-2-1-3-6-9/h1-8,14H,(H2,13,15,16,17). The Morgan fingerprint density at radius 1 is 1.00 bits per heavy atom. The normalized spacial score (nSPS) is 9.56. The Labute approximate surface area is 108 Å². The summed E-state index contributed by atoms with van der Waals surface area (Å²) < 4.78 is 0. The van der Waals surface area contributed by atoms with Gasteiger partial charge in [0.1, 0.15) is 0 Å². The van der Waals surface area contributed by atoms with Crippen LogP contribution in [0.5, 0.6) is 0 Å². The molecule has 0 spiro atoms. The van der Waals surface area contributed by atoms with Crippen molar-refractivity contribution < 1.29 is 9.59 Å². The van der Waals surface area contributed by atoms with E-state index >= 15 is 0 Å². The van der Waals surface area contributed by atoms with Crippen molar-refractivity contribution in [3.63, 3.8) is 0 Å². The number of anilines is 1. The van der Waals surface area contributed by atoms with E-state index in [1.807, 2.05) is 18.2 Å². The lowest BCUT2D eigenvalue weighted by atomic mass is 10.3. The molecule has 0 aliphatic carbocycles. The molecule has 0 radical (unpaired) electrons. The highest BCUT2D eigenvalue weighted by Crippen LogP contribution is 2.07. The first-order chi connectivity index (χ1) is 8.75. The van der Waals surface area contributed by atoms with Gasteiger partial charge in [0.15, 0.2) is 0 Å². The molecule has 92 valence electrons. The summed E-state index contributed by atoms with van der Waals surface area (Å²) in [5.74, 6) is -0.419. The molecule has 5 nitrogen and oxygen atoms in total. The number of hydrogen-bond donors (Lipinski definition) is 3. The largest absolute Gasteiger partial charge is 0.340 e. The molecule has 0 saturated heterocycles. The lowest BCUT2D eigenvalue weighted by Gasteiger charge is -2.08. The van der Waals surface area contributed by atoms with Gasteiger partial charge < -0.3 is 0 Å². The first-order valence-corrected chi connectivity index (χ1v) is 6.09. The van der Waals surface area contributed by atoms with E-state index in [1.54, 1.807) is 29.6 Å². The van der Waals surface area contributed by atoms with Gasteiger partial charge in [0, 0.05) is 0 Å². The average molecular weight is 261 g/mol. The highest BCUT2D eigenvalue weighted by atomic mass is 32.1. The number of urea groups is 1. The molecule has 1 aromatic carbocycles.